The van der Waals surface area contributed by atoms with E-state index in [2.05, 4.69) is 17.3 Å². The molecule has 1 fully saturated rings. The fourth-order valence-electron chi connectivity index (χ4n) is 4.43. The minimum absolute atomic E-state index is 0.0557. The second kappa shape index (κ2) is 9.82. The van der Waals surface area contributed by atoms with Crippen LogP contribution in [0.15, 0.2) is 54.6 Å². The highest BCUT2D eigenvalue weighted by atomic mass is 16.5. The van der Waals surface area contributed by atoms with Crippen molar-refractivity contribution in [2.75, 3.05) is 25.6 Å². The number of ether oxygens (including phenoxy) is 1. The number of carbonyl (C=O) groups is 1. The quantitative estimate of drug-likeness (QED) is 0.589. The molecule has 0 atom stereocenters. The molecule has 1 aliphatic carbocycles. The Morgan fingerprint density at radius 3 is 2.71 bits per heavy atom. The molecule has 4 rings (SSSR count). The van der Waals surface area contributed by atoms with Crippen molar-refractivity contribution in [1.29, 1.82) is 0 Å². The SMILES string of the molecule is COc1cccc(CCNC(=O)c2cc(N(C)C3CCCCC3)nc3ccccc23)c1. The fraction of sp³-hybridized carbons (Fsp3) is 0.385. The summed E-state index contributed by atoms with van der Waals surface area (Å²) >= 11 is 0. The molecule has 1 N–H and O–H groups in total. The number of anilines is 1. The molecule has 1 heterocycles. The Balaban J connectivity index is 1.52. The maximum Gasteiger partial charge on any atom is 0.252 e. The first-order valence-corrected chi connectivity index (χ1v) is 11.2. The van der Waals surface area contributed by atoms with E-state index in [0.29, 0.717) is 18.2 Å². The largest absolute Gasteiger partial charge is 0.497 e. The van der Waals surface area contributed by atoms with Crippen molar-refractivity contribution in [2.24, 2.45) is 0 Å². The normalized spacial score (nSPS) is 14.4. The Morgan fingerprint density at radius 2 is 1.90 bits per heavy atom. The maximum absolute atomic E-state index is 13.1. The average molecular weight is 418 g/mol. The second-order valence-corrected chi connectivity index (χ2v) is 8.31. The van der Waals surface area contributed by atoms with Gasteiger partial charge < -0.3 is 15.0 Å². The van der Waals surface area contributed by atoms with Crippen molar-refractivity contribution in [2.45, 2.75) is 44.6 Å². The van der Waals surface area contributed by atoms with E-state index in [0.717, 1.165) is 34.5 Å². The lowest BCUT2D eigenvalue weighted by Gasteiger charge is -2.32. The van der Waals surface area contributed by atoms with Gasteiger partial charge in [-0.3, -0.25) is 4.79 Å². The number of nitrogens with one attached hydrogen (secondary N) is 1. The zero-order valence-electron chi connectivity index (χ0n) is 18.4. The first-order valence-electron chi connectivity index (χ1n) is 11.2. The highest BCUT2D eigenvalue weighted by molar-refractivity contribution is 6.07. The van der Waals surface area contributed by atoms with Gasteiger partial charge >= 0.3 is 0 Å². The molecule has 0 saturated heterocycles. The molecule has 5 heteroatoms. The molecule has 2 aromatic carbocycles. The third kappa shape index (κ3) is 4.98. The van der Waals surface area contributed by atoms with Crippen LogP contribution in [-0.2, 0) is 6.42 Å². The van der Waals surface area contributed by atoms with Gasteiger partial charge in [0.05, 0.1) is 18.2 Å². The predicted octanol–water partition coefficient (Wildman–Crippen LogP) is 4.98. The van der Waals surface area contributed by atoms with Crippen LogP contribution in [0.25, 0.3) is 10.9 Å². The molecule has 0 aliphatic heterocycles. The van der Waals surface area contributed by atoms with Gasteiger partial charge in [0.25, 0.3) is 5.91 Å². The molecule has 31 heavy (non-hydrogen) atoms. The number of carbonyl (C=O) groups excluding carboxylic acids is 1. The van der Waals surface area contributed by atoms with Crippen molar-refractivity contribution in [3.8, 4) is 5.75 Å². The zero-order chi connectivity index (χ0) is 21.6. The standard InChI is InChI=1S/C26H31N3O2/c1-29(20-10-4-3-5-11-20)25-18-23(22-13-6-7-14-24(22)28-25)26(30)27-16-15-19-9-8-12-21(17-19)31-2/h6-9,12-14,17-18,20H,3-5,10-11,15-16H2,1-2H3,(H,27,30). The molecule has 162 valence electrons. The van der Waals surface area contributed by atoms with Gasteiger partial charge in [-0.2, -0.15) is 0 Å². The van der Waals surface area contributed by atoms with Crippen LogP contribution < -0.4 is 15.0 Å². The summed E-state index contributed by atoms with van der Waals surface area (Å²) in [6.45, 7) is 0.566. The van der Waals surface area contributed by atoms with Gasteiger partial charge in [-0.05, 0) is 49.1 Å². The summed E-state index contributed by atoms with van der Waals surface area (Å²) in [5.74, 6) is 1.66. The van der Waals surface area contributed by atoms with E-state index < -0.39 is 0 Å². The van der Waals surface area contributed by atoms with Crippen LogP contribution in [0.2, 0.25) is 0 Å². The highest BCUT2D eigenvalue weighted by Crippen LogP contribution is 2.28. The Hall–Kier alpha value is -3.08. The van der Waals surface area contributed by atoms with Crippen LogP contribution in [0.1, 0.15) is 48.0 Å². The molecular weight excluding hydrogens is 386 g/mol. The number of aromatic nitrogens is 1. The molecule has 1 amide bonds. The number of methoxy groups -OCH3 is 1. The molecule has 1 aliphatic rings. The second-order valence-electron chi connectivity index (χ2n) is 8.31. The topological polar surface area (TPSA) is 54.5 Å². The Bertz CT molecular complexity index is 1040. The summed E-state index contributed by atoms with van der Waals surface area (Å²) in [5, 5.41) is 3.99. The van der Waals surface area contributed by atoms with Gasteiger partial charge in [-0.15, -0.1) is 0 Å². The van der Waals surface area contributed by atoms with Crippen LogP contribution in [0.4, 0.5) is 5.82 Å². The Labute approximate surface area is 184 Å². The third-order valence-electron chi connectivity index (χ3n) is 6.26. The van der Waals surface area contributed by atoms with E-state index >= 15 is 0 Å². The van der Waals surface area contributed by atoms with Crippen LogP contribution in [0, 0.1) is 0 Å². The summed E-state index contributed by atoms with van der Waals surface area (Å²) < 4.78 is 5.29. The number of fused-ring (bicyclic) bond motifs is 1. The number of hydrogen-bond donors (Lipinski definition) is 1. The lowest BCUT2D eigenvalue weighted by atomic mass is 9.94. The van der Waals surface area contributed by atoms with Gasteiger partial charge in [0.15, 0.2) is 0 Å². The number of benzene rings is 2. The number of para-hydroxylation sites is 1. The molecule has 0 spiro atoms. The minimum atomic E-state index is -0.0557. The molecule has 3 aromatic rings. The maximum atomic E-state index is 13.1. The van der Waals surface area contributed by atoms with Gasteiger partial charge in [-0.25, -0.2) is 4.98 Å². The van der Waals surface area contributed by atoms with E-state index in [4.69, 9.17) is 9.72 Å². The highest BCUT2D eigenvalue weighted by Gasteiger charge is 2.21. The lowest BCUT2D eigenvalue weighted by molar-refractivity contribution is 0.0955. The van der Waals surface area contributed by atoms with Crippen LogP contribution in [0.5, 0.6) is 5.75 Å². The van der Waals surface area contributed by atoms with Gasteiger partial charge in [0.2, 0.25) is 0 Å². The van der Waals surface area contributed by atoms with Crippen LogP contribution in [-0.4, -0.2) is 37.6 Å². The number of pyridine rings is 1. The first-order chi connectivity index (χ1) is 15.2. The van der Waals surface area contributed by atoms with Crippen molar-refractivity contribution < 1.29 is 9.53 Å². The number of rotatable bonds is 7. The van der Waals surface area contributed by atoms with Crippen molar-refractivity contribution in [3.63, 3.8) is 0 Å². The minimum Gasteiger partial charge on any atom is -0.497 e. The van der Waals surface area contributed by atoms with Gasteiger partial charge in [0.1, 0.15) is 11.6 Å². The molecule has 0 bridgehead atoms. The monoisotopic (exact) mass is 417 g/mol. The smallest absolute Gasteiger partial charge is 0.252 e. The number of amides is 1. The Kier molecular flexibility index (Phi) is 6.70. The van der Waals surface area contributed by atoms with Gasteiger partial charge in [0, 0.05) is 25.0 Å². The first kappa shape index (κ1) is 21.2. The number of hydrogen-bond acceptors (Lipinski definition) is 4. The summed E-state index contributed by atoms with van der Waals surface area (Å²) in [7, 11) is 3.77. The van der Waals surface area contributed by atoms with Gasteiger partial charge in [-0.1, -0.05) is 49.6 Å². The van der Waals surface area contributed by atoms with E-state index in [1.807, 2.05) is 54.6 Å². The molecule has 0 unspecified atom stereocenters. The van der Waals surface area contributed by atoms with Crippen molar-refractivity contribution in [1.82, 2.24) is 10.3 Å². The summed E-state index contributed by atoms with van der Waals surface area (Å²) in [6, 6.07) is 18.3. The molecule has 5 nitrogen and oxygen atoms in total. The summed E-state index contributed by atoms with van der Waals surface area (Å²) in [4.78, 5) is 20.3. The van der Waals surface area contributed by atoms with E-state index in [1.165, 1.54) is 32.1 Å². The van der Waals surface area contributed by atoms with E-state index in [9.17, 15) is 4.79 Å². The van der Waals surface area contributed by atoms with Crippen molar-refractivity contribution in [3.05, 3.63) is 65.7 Å². The zero-order valence-corrected chi connectivity index (χ0v) is 18.4. The van der Waals surface area contributed by atoms with E-state index in [1.54, 1.807) is 7.11 Å². The third-order valence-corrected chi connectivity index (χ3v) is 6.26. The van der Waals surface area contributed by atoms with Crippen LogP contribution >= 0.6 is 0 Å². The lowest BCUT2D eigenvalue weighted by Crippen LogP contribution is -2.34. The van der Waals surface area contributed by atoms with Crippen molar-refractivity contribution >= 4 is 22.6 Å². The average Bonchev–Trinajstić information content (AvgIpc) is 2.83. The molecular formula is C26H31N3O2. The predicted molar refractivity (Wildman–Crippen MR) is 126 cm³/mol. The molecule has 1 saturated carbocycles. The molecule has 1 aromatic heterocycles. The number of nitrogens with zero attached hydrogens (tertiary/aromatic N) is 2. The van der Waals surface area contributed by atoms with Crippen LogP contribution in [0.3, 0.4) is 0 Å². The molecule has 0 radical (unpaired) electrons. The fourth-order valence-corrected chi connectivity index (χ4v) is 4.43. The summed E-state index contributed by atoms with van der Waals surface area (Å²) in [5.41, 5.74) is 2.69. The van der Waals surface area contributed by atoms with E-state index in [-0.39, 0.29) is 5.91 Å². The Morgan fingerprint density at radius 1 is 1.10 bits per heavy atom. The summed E-state index contributed by atoms with van der Waals surface area (Å²) in [6.07, 6.45) is 6.97.